The monoisotopic (exact) mass is 290 g/mol. The molecule has 4 heteroatoms. The first kappa shape index (κ1) is 16.0. The van der Waals surface area contributed by atoms with Crippen molar-refractivity contribution in [1.29, 1.82) is 0 Å². The molecule has 0 saturated carbocycles. The maximum Gasteiger partial charge on any atom is 0.227 e. The fraction of sp³-hybridized carbons (Fsp3) is 0.588. The lowest BCUT2D eigenvalue weighted by Gasteiger charge is -2.36. The number of hydrogen-bond donors (Lipinski definition) is 3. The zero-order chi connectivity index (χ0) is 15.1. The van der Waals surface area contributed by atoms with Gasteiger partial charge in [0.05, 0.1) is 18.1 Å². The van der Waals surface area contributed by atoms with Gasteiger partial charge < -0.3 is 15.7 Å². The molecule has 2 rings (SSSR count). The van der Waals surface area contributed by atoms with Gasteiger partial charge in [-0.1, -0.05) is 37.3 Å². The summed E-state index contributed by atoms with van der Waals surface area (Å²) >= 11 is 0. The Hall–Kier alpha value is -1.39. The molecule has 1 amide bonds. The van der Waals surface area contributed by atoms with Crippen molar-refractivity contribution in [2.45, 2.75) is 38.6 Å². The molecule has 1 saturated heterocycles. The van der Waals surface area contributed by atoms with E-state index in [-0.39, 0.29) is 24.0 Å². The van der Waals surface area contributed by atoms with Crippen LogP contribution < -0.4 is 10.6 Å². The lowest BCUT2D eigenvalue weighted by Crippen LogP contribution is -2.53. The van der Waals surface area contributed by atoms with E-state index in [9.17, 15) is 9.90 Å². The average Bonchev–Trinajstić information content (AvgIpc) is 2.55. The molecule has 1 heterocycles. The maximum atomic E-state index is 12.6. The van der Waals surface area contributed by atoms with Gasteiger partial charge in [0.25, 0.3) is 0 Å². The van der Waals surface area contributed by atoms with Gasteiger partial charge in [0, 0.05) is 6.54 Å². The molecule has 1 aromatic carbocycles. The Morgan fingerprint density at radius 2 is 2.19 bits per heavy atom. The van der Waals surface area contributed by atoms with Crippen molar-refractivity contribution in [3.05, 3.63) is 35.9 Å². The molecule has 0 spiro atoms. The van der Waals surface area contributed by atoms with E-state index in [2.05, 4.69) is 17.6 Å². The van der Waals surface area contributed by atoms with E-state index in [1.165, 1.54) is 0 Å². The molecule has 1 unspecified atom stereocenters. The molecule has 0 aliphatic carbocycles. The normalized spacial score (nSPS) is 23.5. The Bertz CT molecular complexity index is 441. The third-order valence-electron chi connectivity index (χ3n) is 4.51. The van der Waals surface area contributed by atoms with E-state index in [4.69, 9.17) is 0 Å². The van der Waals surface area contributed by atoms with Gasteiger partial charge in [0.1, 0.15) is 0 Å². The first-order chi connectivity index (χ1) is 10.2. The van der Waals surface area contributed by atoms with Crippen LogP contribution in [0.3, 0.4) is 0 Å². The molecule has 116 valence electrons. The number of nitrogens with one attached hydrogen (secondary N) is 2. The first-order valence-corrected chi connectivity index (χ1v) is 7.86. The number of amides is 1. The molecule has 0 aromatic heterocycles. The van der Waals surface area contributed by atoms with Gasteiger partial charge in [-0.3, -0.25) is 4.79 Å². The zero-order valence-corrected chi connectivity index (χ0v) is 12.8. The highest BCUT2D eigenvalue weighted by molar-refractivity contribution is 5.83. The highest BCUT2D eigenvalue weighted by atomic mass is 16.3. The SMILES string of the molecule is CCC1(C(=O)N[C@H](CO)Cc2ccccc2)CCCNC1. The standard InChI is InChI=1S/C17H26N2O2/c1-2-17(9-6-10-18-13-17)16(21)19-15(12-20)11-14-7-4-3-5-8-14/h3-5,7-8,15,18,20H,2,6,9-13H2,1H3,(H,19,21)/t15-,17?/m0/s1. The van der Waals surface area contributed by atoms with Crippen LogP contribution in [0.2, 0.25) is 0 Å². The number of carbonyl (C=O) groups excluding carboxylic acids is 1. The number of rotatable bonds is 6. The van der Waals surface area contributed by atoms with Gasteiger partial charge in [-0.05, 0) is 37.8 Å². The van der Waals surface area contributed by atoms with Crippen molar-refractivity contribution in [3.63, 3.8) is 0 Å². The third kappa shape index (κ3) is 4.05. The van der Waals surface area contributed by atoms with Crippen LogP contribution in [-0.2, 0) is 11.2 Å². The van der Waals surface area contributed by atoms with Gasteiger partial charge in [0.15, 0.2) is 0 Å². The number of benzene rings is 1. The largest absolute Gasteiger partial charge is 0.394 e. The molecule has 3 N–H and O–H groups in total. The molecule has 2 atom stereocenters. The summed E-state index contributed by atoms with van der Waals surface area (Å²) in [7, 11) is 0. The minimum atomic E-state index is -0.317. The summed E-state index contributed by atoms with van der Waals surface area (Å²) in [6.07, 6.45) is 3.45. The van der Waals surface area contributed by atoms with E-state index in [1.807, 2.05) is 30.3 Å². The Morgan fingerprint density at radius 1 is 1.43 bits per heavy atom. The topological polar surface area (TPSA) is 61.4 Å². The highest BCUT2D eigenvalue weighted by Crippen LogP contribution is 2.30. The molecule has 0 radical (unpaired) electrons. The van der Waals surface area contributed by atoms with Crippen molar-refractivity contribution in [3.8, 4) is 0 Å². The average molecular weight is 290 g/mol. The number of aliphatic hydroxyl groups is 1. The molecule has 21 heavy (non-hydrogen) atoms. The van der Waals surface area contributed by atoms with Crippen molar-refractivity contribution < 1.29 is 9.90 Å². The fourth-order valence-corrected chi connectivity index (χ4v) is 3.02. The summed E-state index contributed by atoms with van der Waals surface area (Å²) in [6, 6.07) is 9.74. The number of hydrogen-bond acceptors (Lipinski definition) is 3. The van der Waals surface area contributed by atoms with E-state index in [0.717, 1.165) is 37.9 Å². The fourth-order valence-electron chi connectivity index (χ4n) is 3.02. The molecule has 0 bridgehead atoms. The summed E-state index contributed by atoms with van der Waals surface area (Å²) < 4.78 is 0. The van der Waals surface area contributed by atoms with Crippen LogP contribution in [0.15, 0.2) is 30.3 Å². The number of piperidine rings is 1. The van der Waals surface area contributed by atoms with Gasteiger partial charge in [-0.2, -0.15) is 0 Å². The summed E-state index contributed by atoms with van der Waals surface area (Å²) in [6.45, 7) is 3.76. The quantitative estimate of drug-likeness (QED) is 0.744. The second kappa shape index (κ2) is 7.57. The van der Waals surface area contributed by atoms with Crippen molar-refractivity contribution >= 4 is 5.91 Å². The molecule has 4 nitrogen and oxygen atoms in total. The van der Waals surface area contributed by atoms with E-state index in [0.29, 0.717) is 6.42 Å². The number of aliphatic hydroxyl groups excluding tert-OH is 1. The minimum Gasteiger partial charge on any atom is -0.394 e. The Balaban J connectivity index is 1.98. The maximum absolute atomic E-state index is 12.6. The van der Waals surface area contributed by atoms with E-state index >= 15 is 0 Å². The Labute approximate surface area is 126 Å². The second-order valence-corrected chi connectivity index (χ2v) is 5.96. The smallest absolute Gasteiger partial charge is 0.227 e. The molecule has 1 fully saturated rings. The van der Waals surface area contributed by atoms with Crippen LogP contribution in [0.5, 0.6) is 0 Å². The van der Waals surface area contributed by atoms with Gasteiger partial charge in [-0.25, -0.2) is 0 Å². The van der Waals surface area contributed by atoms with E-state index < -0.39 is 0 Å². The lowest BCUT2D eigenvalue weighted by molar-refractivity contribution is -0.133. The first-order valence-electron chi connectivity index (χ1n) is 7.86. The highest BCUT2D eigenvalue weighted by Gasteiger charge is 2.38. The second-order valence-electron chi connectivity index (χ2n) is 5.96. The van der Waals surface area contributed by atoms with Crippen LogP contribution in [0.1, 0.15) is 31.7 Å². The van der Waals surface area contributed by atoms with Crippen LogP contribution in [0, 0.1) is 5.41 Å². The van der Waals surface area contributed by atoms with Gasteiger partial charge >= 0.3 is 0 Å². The minimum absolute atomic E-state index is 0.0339. The lowest BCUT2D eigenvalue weighted by atomic mass is 9.77. The molecule has 1 aliphatic heterocycles. The van der Waals surface area contributed by atoms with Gasteiger partial charge in [-0.15, -0.1) is 0 Å². The van der Waals surface area contributed by atoms with Gasteiger partial charge in [0.2, 0.25) is 5.91 Å². The Morgan fingerprint density at radius 3 is 2.76 bits per heavy atom. The molecule has 1 aromatic rings. The van der Waals surface area contributed by atoms with Crippen LogP contribution >= 0.6 is 0 Å². The predicted molar refractivity (Wildman–Crippen MR) is 84.0 cm³/mol. The molecule has 1 aliphatic rings. The Kier molecular flexibility index (Phi) is 5.76. The van der Waals surface area contributed by atoms with Crippen LogP contribution in [-0.4, -0.2) is 36.8 Å². The predicted octanol–water partition coefficient (Wildman–Crippen LogP) is 1.49. The van der Waals surface area contributed by atoms with Crippen molar-refractivity contribution in [2.75, 3.05) is 19.7 Å². The summed E-state index contributed by atoms with van der Waals surface area (Å²) in [5.74, 6) is 0.0761. The van der Waals surface area contributed by atoms with Crippen molar-refractivity contribution in [1.82, 2.24) is 10.6 Å². The van der Waals surface area contributed by atoms with Crippen molar-refractivity contribution in [2.24, 2.45) is 5.41 Å². The van der Waals surface area contributed by atoms with Crippen LogP contribution in [0.4, 0.5) is 0 Å². The summed E-state index contributed by atoms with van der Waals surface area (Å²) in [5, 5.41) is 15.9. The van der Waals surface area contributed by atoms with E-state index in [1.54, 1.807) is 0 Å². The third-order valence-corrected chi connectivity index (χ3v) is 4.51. The summed E-state index contributed by atoms with van der Waals surface area (Å²) in [4.78, 5) is 12.6. The zero-order valence-electron chi connectivity index (χ0n) is 12.8. The molecular formula is C17H26N2O2. The number of carbonyl (C=O) groups is 1. The summed E-state index contributed by atoms with van der Waals surface area (Å²) in [5.41, 5.74) is 0.812. The molecular weight excluding hydrogens is 264 g/mol. The van der Waals surface area contributed by atoms with Crippen LogP contribution in [0.25, 0.3) is 0 Å².